The Morgan fingerprint density at radius 2 is 1.71 bits per heavy atom. The number of ether oxygens (including phenoxy) is 1. The normalized spacial score (nSPS) is 10.3. The molecule has 0 atom stereocenters. The van der Waals surface area contributed by atoms with Crippen LogP contribution in [0, 0.1) is 18.3 Å². The highest BCUT2D eigenvalue weighted by molar-refractivity contribution is 5.93. The molecule has 0 spiro atoms. The van der Waals surface area contributed by atoms with Gasteiger partial charge in [-0.05, 0) is 30.7 Å². The zero-order valence-electron chi connectivity index (χ0n) is 11.6. The van der Waals surface area contributed by atoms with Crippen LogP contribution in [0.5, 0.6) is 11.5 Å². The van der Waals surface area contributed by atoms with Crippen LogP contribution in [0.1, 0.15) is 11.1 Å². The van der Waals surface area contributed by atoms with Crippen molar-refractivity contribution in [3.05, 3.63) is 65.7 Å². The Hall–Kier alpha value is -2.99. The molecule has 0 fully saturated rings. The van der Waals surface area contributed by atoms with Gasteiger partial charge in [0, 0.05) is 22.5 Å². The van der Waals surface area contributed by atoms with E-state index in [4.69, 9.17) is 10.5 Å². The van der Waals surface area contributed by atoms with Crippen molar-refractivity contribution < 1.29 is 4.74 Å². The largest absolute Gasteiger partial charge is 0.456 e. The van der Waals surface area contributed by atoms with Gasteiger partial charge in [-0.3, -0.25) is 0 Å². The van der Waals surface area contributed by atoms with Crippen LogP contribution in [0.15, 0.2) is 54.6 Å². The Labute approximate surface area is 123 Å². The molecule has 3 aromatic carbocycles. The van der Waals surface area contributed by atoms with Crippen molar-refractivity contribution in [3.63, 3.8) is 0 Å². The van der Waals surface area contributed by atoms with E-state index in [2.05, 4.69) is 6.07 Å². The van der Waals surface area contributed by atoms with Crippen LogP contribution >= 0.6 is 0 Å². The second kappa shape index (κ2) is 5.18. The number of nitrogen functional groups attached to an aromatic ring is 1. The van der Waals surface area contributed by atoms with Gasteiger partial charge in [-0.2, -0.15) is 5.26 Å². The van der Waals surface area contributed by atoms with Crippen molar-refractivity contribution in [2.75, 3.05) is 5.73 Å². The molecule has 0 unspecified atom stereocenters. The first-order chi connectivity index (χ1) is 10.2. The lowest BCUT2D eigenvalue weighted by atomic mass is 10.0. The van der Waals surface area contributed by atoms with Crippen molar-refractivity contribution in [2.45, 2.75) is 6.92 Å². The molecule has 0 bridgehead atoms. The first kappa shape index (κ1) is 13.0. The number of rotatable bonds is 2. The predicted octanol–water partition coefficient (Wildman–Crippen LogP) is 4.39. The molecular formula is C18H14N2O. The van der Waals surface area contributed by atoms with Crippen LogP contribution < -0.4 is 10.5 Å². The highest BCUT2D eigenvalue weighted by Crippen LogP contribution is 2.33. The summed E-state index contributed by atoms with van der Waals surface area (Å²) in [6.45, 7) is 1.97. The lowest BCUT2D eigenvalue weighted by Crippen LogP contribution is -1.92. The second-order valence-electron chi connectivity index (χ2n) is 4.90. The number of anilines is 1. The third kappa shape index (κ3) is 2.39. The zero-order chi connectivity index (χ0) is 14.8. The molecule has 0 aliphatic heterocycles. The Bertz CT molecular complexity index is 863. The summed E-state index contributed by atoms with van der Waals surface area (Å²) >= 11 is 0. The van der Waals surface area contributed by atoms with Crippen LogP contribution in [0.25, 0.3) is 10.8 Å². The number of hydrogen-bond donors (Lipinski definition) is 1. The van der Waals surface area contributed by atoms with Gasteiger partial charge in [0.05, 0.1) is 11.6 Å². The monoisotopic (exact) mass is 274 g/mol. The van der Waals surface area contributed by atoms with Gasteiger partial charge in [-0.1, -0.05) is 30.3 Å². The van der Waals surface area contributed by atoms with E-state index in [0.717, 1.165) is 27.8 Å². The first-order valence-electron chi connectivity index (χ1n) is 6.65. The minimum absolute atomic E-state index is 0.641. The van der Waals surface area contributed by atoms with E-state index in [9.17, 15) is 5.26 Å². The Morgan fingerprint density at radius 1 is 0.952 bits per heavy atom. The van der Waals surface area contributed by atoms with Gasteiger partial charge < -0.3 is 10.5 Å². The molecular weight excluding hydrogens is 260 g/mol. The number of nitrogens with zero attached hydrogens (tertiary/aromatic N) is 1. The Morgan fingerprint density at radius 3 is 2.48 bits per heavy atom. The van der Waals surface area contributed by atoms with Crippen molar-refractivity contribution in [1.29, 1.82) is 5.26 Å². The van der Waals surface area contributed by atoms with E-state index < -0.39 is 0 Å². The summed E-state index contributed by atoms with van der Waals surface area (Å²) in [6, 6.07) is 19.1. The average molecular weight is 274 g/mol. The number of nitrogens with two attached hydrogens (primary N) is 1. The van der Waals surface area contributed by atoms with E-state index in [1.54, 1.807) is 6.07 Å². The minimum atomic E-state index is 0.641. The molecule has 3 nitrogen and oxygen atoms in total. The second-order valence-corrected chi connectivity index (χ2v) is 4.90. The molecule has 3 aromatic rings. The lowest BCUT2D eigenvalue weighted by Gasteiger charge is -2.12. The molecule has 0 amide bonds. The van der Waals surface area contributed by atoms with E-state index in [0.29, 0.717) is 11.3 Å². The summed E-state index contributed by atoms with van der Waals surface area (Å²) in [4.78, 5) is 0. The van der Waals surface area contributed by atoms with Crippen LogP contribution in [0.3, 0.4) is 0 Å². The highest BCUT2D eigenvalue weighted by atomic mass is 16.5. The molecule has 0 aromatic heterocycles. The zero-order valence-corrected chi connectivity index (χ0v) is 11.6. The average Bonchev–Trinajstić information content (AvgIpc) is 2.51. The molecule has 3 rings (SSSR count). The van der Waals surface area contributed by atoms with Gasteiger partial charge in [0.25, 0.3) is 0 Å². The predicted molar refractivity (Wildman–Crippen MR) is 84.3 cm³/mol. The molecule has 0 radical (unpaired) electrons. The fourth-order valence-corrected chi connectivity index (χ4v) is 2.30. The maximum Gasteiger partial charge on any atom is 0.135 e. The first-order valence-corrected chi connectivity index (χ1v) is 6.65. The standard InChI is InChI=1S/C18H14N2O/c1-12-6-8-14(20)10-18(12)21-17-9-7-13(11-19)15-4-2-3-5-16(15)17/h2-10H,20H2,1H3. The number of fused-ring (bicyclic) bond motifs is 1. The van der Waals surface area contributed by atoms with Crippen molar-refractivity contribution >= 4 is 16.5 Å². The SMILES string of the molecule is Cc1ccc(N)cc1Oc1ccc(C#N)c2ccccc12. The van der Waals surface area contributed by atoms with Gasteiger partial charge >= 0.3 is 0 Å². The Kier molecular flexibility index (Phi) is 3.21. The topological polar surface area (TPSA) is 59.0 Å². The lowest BCUT2D eigenvalue weighted by molar-refractivity contribution is 0.485. The highest BCUT2D eigenvalue weighted by Gasteiger charge is 2.08. The summed E-state index contributed by atoms with van der Waals surface area (Å²) in [6.07, 6.45) is 0. The van der Waals surface area contributed by atoms with Crippen LogP contribution in [-0.4, -0.2) is 0 Å². The third-order valence-electron chi connectivity index (χ3n) is 3.44. The van der Waals surface area contributed by atoms with Crippen LogP contribution in [0.4, 0.5) is 5.69 Å². The maximum absolute atomic E-state index is 9.19. The van der Waals surface area contributed by atoms with Crippen molar-refractivity contribution in [1.82, 2.24) is 0 Å². The van der Waals surface area contributed by atoms with Gasteiger partial charge in [0.15, 0.2) is 0 Å². The molecule has 102 valence electrons. The van der Waals surface area contributed by atoms with E-state index >= 15 is 0 Å². The number of hydrogen-bond acceptors (Lipinski definition) is 3. The number of aryl methyl sites for hydroxylation is 1. The molecule has 0 saturated heterocycles. The fraction of sp³-hybridized carbons (Fsp3) is 0.0556. The molecule has 21 heavy (non-hydrogen) atoms. The summed E-state index contributed by atoms with van der Waals surface area (Å²) < 4.78 is 6.01. The third-order valence-corrected chi connectivity index (χ3v) is 3.44. The van der Waals surface area contributed by atoms with Crippen molar-refractivity contribution in [3.8, 4) is 17.6 Å². The number of benzene rings is 3. The fourth-order valence-electron chi connectivity index (χ4n) is 2.30. The van der Waals surface area contributed by atoms with Gasteiger partial charge in [-0.15, -0.1) is 0 Å². The summed E-state index contributed by atoms with van der Waals surface area (Å²) in [5, 5.41) is 11.0. The molecule has 0 aliphatic rings. The minimum Gasteiger partial charge on any atom is -0.456 e. The quantitative estimate of drug-likeness (QED) is 0.705. The summed E-state index contributed by atoms with van der Waals surface area (Å²) in [5.41, 5.74) is 8.13. The number of nitriles is 1. The van der Waals surface area contributed by atoms with E-state index in [1.165, 1.54) is 0 Å². The van der Waals surface area contributed by atoms with E-state index in [1.807, 2.05) is 55.5 Å². The van der Waals surface area contributed by atoms with Gasteiger partial charge in [0.2, 0.25) is 0 Å². The molecule has 0 heterocycles. The van der Waals surface area contributed by atoms with Crippen LogP contribution in [-0.2, 0) is 0 Å². The van der Waals surface area contributed by atoms with Crippen molar-refractivity contribution in [2.24, 2.45) is 0 Å². The smallest absolute Gasteiger partial charge is 0.135 e. The molecule has 3 heteroatoms. The van der Waals surface area contributed by atoms with Crippen LogP contribution in [0.2, 0.25) is 0 Å². The molecule has 0 aliphatic carbocycles. The Balaban J connectivity index is 2.14. The van der Waals surface area contributed by atoms with Gasteiger partial charge in [0.1, 0.15) is 11.5 Å². The summed E-state index contributed by atoms with van der Waals surface area (Å²) in [5.74, 6) is 1.45. The molecule has 2 N–H and O–H groups in total. The molecule has 0 saturated carbocycles. The van der Waals surface area contributed by atoms with Gasteiger partial charge in [-0.25, -0.2) is 0 Å². The summed E-state index contributed by atoms with van der Waals surface area (Å²) in [7, 11) is 0. The maximum atomic E-state index is 9.19. The van der Waals surface area contributed by atoms with E-state index in [-0.39, 0.29) is 0 Å².